The molecule has 21 rings (SSSR count). The van der Waals surface area contributed by atoms with E-state index < -0.39 is 225 Å². The topological polar surface area (TPSA) is 760 Å². The zero-order valence-electron chi connectivity index (χ0n) is 66.1. The number of hydrogen-bond acceptors (Lipinski definition) is 48. The lowest BCUT2D eigenvalue weighted by Gasteiger charge is -2.27. The third kappa shape index (κ3) is 18.7. The highest BCUT2D eigenvalue weighted by atomic mass is 32.7. The number of fused-ring (bicyclic) bond motifs is 15. The number of alkyl halides is 3. The highest BCUT2D eigenvalue weighted by molar-refractivity contribution is 8.44. The molecule has 6 unspecified atom stereocenters. The molecule has 132 heavy (non-hydrogen) atoms. The summed E-state index contributed by atoms with van der Waals surface area (Å²) in [6.07, 6.45) is -18.0. The number of nitrogens with two attached hydrogens (primary N) is 6. The monoisotopic (exact) mass is 2080 g/mol. The number of aromatic amines is 3. The van der Waals surface area contributed by atoms with Crippen LogP contribution in [-0.2, 0) is 146 Å². The Bertz CT molecular complexity index is 6380. The number of nitrogens with one attached hydrogen (secondary N) is 3. The molecular weight excluding hydrogens is 2010 g/mol. The van der Waals surface area contributed by atoms with Crippen LogP contribution >= 0.6 is 52.6 Å². The molecule has 20 N–H and O–H groups in total. The predicted molar refractivity (Wildman–Crippen MR) is 460 cm³/mol. The van der Waals surface area contributed by atoms with Gasteiger partial charge < -0.3 is 123 Å². The van der Waals surface area contributed by atoms with E-state index in [1.807, 2.05) is 0 Å². The number of rotatable bonds is 6. The molecule has 0 aromatic carbocycles. The zero-order chi connectivity index (χ0) is 92.9. The van der Waals surface area contributed by atoms with Crippen molar-refractivity contribution in [3.63, 3.8) is 0 Å². The molecule has 708 valence electrons. The Morgan fingerprint density at radius 3 is 1.14 bits per heavy atom. The minimum atomic E-state index is -4.36. The Morgan fingerprint density at radius 2 is 0.750 bits per heavy atom. The van der Waals surface area contributed by atoms with E-state index in [4.69, 9.17) is 176 Å². The summed E-state index contributed by atoms with van der Waals surface area (Å²) in [7, 11) is 0. The van der Waals surface area contributed by atoms with Crippen molar-refractivity contribution >= 4 is 197 Å². The van der Waals surface area contributed by atoms with Gasteiger partial charge in [-0.15, -0.1) is 15.3 Å². The number of imidazole rings is 2. The molecule has 9 aliphatic rings. The lowest BCUT2D eigenvalue weighted by Crippen LogP contribution is -2.32. The van der Waals surface area contributed by atoms with Gasteiger partial charge in [-0.05, 0) is 77.2 Å². The standard InChI is InChI=1S/3C20H23FN10O9P2S2/c21-13-11-6-36-41(33,43)39-9-3-8(7-4-25-30-12(22)1-2-24-16(7)30)37-10(9)5-35-42(34,44)40-15(13)19(38-11)31-17-14(28-29-31)18(32)27-20(23)26-17;2*21-13-12-6-36-41(33,43)39-10-3-9(8-4-24-16-7(22)1-2-25-30(8)16)37-11(10)5-35-42(34,44)40-15(13)19(38-12)31-17-14(28-29-31)18(32)27-20(23)26-17/h1-2,4,8-11,13,15,19H,3,5-6,22H2,(H,33,43)(H,34,44)(H3,23,26,27,32);2*1-2,4,9-13,15,19H,3,5-6,22H2,(H,33,43)(H,34,44)(H3,23,26,27,32)/t8-,9+,10-,11-,13+,15-,19-,41?,42?;2*9-,10+,11-,12-,13+,15-,19-,41?,42?/m111/s1. The van der Waals surface area contributed by atoms with Gasteiger partial charge in [-0.1, -0.05) is 27.9 Å². The highest BCUT2D eigenvalue weighted by Gasteiger charge is 2.57. The van der Waals surface area contributed by atoms with E-state index >= 15 is 13.2 Å². The van der Waals surface area contributed by atoms with Crippen LogP contribution in [0, 0.1) is 0 Å². The van der Waals surface area contributed by atoms with Crippen LogP contribution in [0.5, 0.6) is 0 Å². The Hall–Kier alpha value is -7.80. The second kappa shape index (κ2) is 36.0. The van der Waals surface area contributed by atoms with Crippen molar-refractivity contribution in [1.82, 2.24) is 119 Å². The summed E-state index contributed by atoms with van der Waals surface area (Å²) in [6, 6.07) is 4.78. The molecule has 0 radical (unpaired) electrons. The average Bonchev–Trinajstić information content (AvgIpc) is 1.61. The van der Waals surface area contributed by atoms with Crippen molar-refractivity contribution in [1.29, 1.82) is 0 Å². The van der Waals surface area contributed by atoms with Gasteiger partial charge in [0.1, 0.15) is 73.0 Å². The molecule has 27 atom stereocenters. The Balaban J connectivity index is 0.000000128. The first-order valence-corrected chi connectivity index (χ1v) is 54.2. The summed E-state index contributed by atoms with van der Waals surface area (Å²) in [5, 5.41) is 35.6. The summed E-state index contributed by atoms with van der Waals surface area (Å²) in [5.74, 6) is -0.446. The van der Waals surface area contributed by atoms with Crippen LogP contribution in [0.1, 0.15) is 73.2 Å². The smallest absolute Gasteiger partial charge is 0.386 e. The fourth-order valence-electron chi connectivity index (χ4n) is 15.6. The third-order valence-electron chi connectivity index (χ3n) is 21.5. The van der Waals surface area contributed by atoms with Crippen LogP contribution in [0.3, 0.4) is 0 Å². The summed E-state index contributed by atoms with van der Waals surface area (Å²) < 4.78 is 171. The van der Waals surface area contributed by atoms with Crippen molar-refractivity contribution in [2.75, 3.05) is 74.0 Å². The maximum absolute atomic E-state index is 15.8. The highest BCUT2D eigenvalue weighted by Crippen LogP contribution is 2.61. The van der Waals surface area contributed by atoms with E-state index in [9.17, 15) is 43.4 Å². The molecule has 9 fully saturated rings. The molecule has 9 saturated heterocycles. The molecule has 57 nitrogen and oxygen atoms in total. The van der Waals surface area contributed by atoms with Crippen molar-refractivity contribution in [2.24, 2.45) is 0 Å². The first-order chi connectivity index (χ1) is 62.7. The summed E-state index contributed by atoms with van der Waals surface area (Å²) in [4.78, 5) is 123. The van der Waals surface area contributed by atoms with Crippen molar-refractivity contribution in [3.8, 4) is 0 Å². The number of nitrogens with zero attached hydrogens (tertiary/aromatic N) is 21. The number of halogens is 3. The van der Waals surface area contributed by atoms with E-state index in [0.717, 1.165) is 14.0 Å². The molecular formula is C60H69F3N30O27P6S6. The number of thiol groups is 1. The lowest BCUT2D eigenvalue weighted by atomic mass is 10.1. The molecule has 12 aromatic heterocycles. The molecule has 72 heteroatoms. The second-order valence-corrected chi connectivity index (χ2v) is 46.9. The van der Waals surface area contributed by atoms with E-state index in [2.05, 4.69) is 103 Å². The minimum absolute atomic E-state index is 0.136. The van der Waals surface area contributed by atoms with Gasteiger partial charge in [-0.2, -0.15) is 48.8 Å². The molecule has 0 aliphatic carbocycles. The third-order valence-corrected chi connectivity index (χ3v) is 31.0. The van der Waals surface area contributed by atoms with Crippen LogP contribution in [-0.4, -0.2) is 275 Å². The number of anilines is 6. The van der Waals surface area contributed by atoms with Crippen molar-refractivity contribution < 1.29 is 125 Å². The summed E-state index contributed by atoms with van der Waals surface area (Å²) >= 11 is 30.2. The van der Waals surface area contributed by atoms with E-state index in [1.54, 1.807) is 18.2 Å². The maximum atomic E-state index is 15.8. The molecule has 0 spiro atoms. The van der Waals surface area contributed by atoms with Crippen LogP contribution in [0.2, 0.25) is 0 Å². The summed E-state index contributed by atoms with van der Waals surface area (Å²) in [6.45, 7) is -28.0. The SMILES string of the molecule is Nc1nc2c(nnn2[C@@H]2O[C@@H]3COP(O)(=S)O[C@H]4C[C@H](c5cnc6c(N)ccnn56)O[C@@H]4COP(O)(=S)O[C@@H]2[C@H]3F)c(=O)[nH]1.Nc1nc2c(nnn2[C@@H]2O[C@@H]3COP(O)(=S)O[C@H]4C[C@H](c5cnc6c(N)ccnn56)O[C@@H]4COP(O)(=S)O[C@@H]2[C@H]3F)c(=O)[nH]1.Nc1nc2c(nnn2[C@@H]2O[C@@H]3COP(O)(=S)O[C@H]4C[C@H](c5cnn6c(N)ccnc56)O[C@@H]4COP(=O)(S)O[C@@H]2[C@H]3F)c(=O)[nH]1. The predicted octanol–water partition coefficient (Wildman–Crippen LogP) is 0.0357. The van der Waals surface area contributed by atoms with Gasteiger partial charge in [-0.25, -0.2) is 41.7 Å². The number of hydrogen-bond donors (Lipinski definition) is 15. The first kappa shape index (κ1) is 93.2. The van der Waals surface area contributed by atoms with Gasteiger partial charge in [0.05, 0.1) is 118 Å². The van der Waals surface area contributed by atoms with Gasteiger partial charge in [0, 0.05) is 31.0 Å². The largest absolute Gasteiger partial charge is 0.396 e. The van der Waals surface area contributed by atoms with Crippen LogP contribution in [0.4, 0.5) is 48.2 Å². The first-order valence-electron chi connectivity index (χ1n) is 38.5. The lowest BCUT2D eigenvalue weighted by molar-refractivity contribution is -0.0607. The minimum Gasteiger partial charge on any atom is -0.396 e. The second-order valence-electron chi connectivity index (χ2n) is 30.0. The van der Waals surface area contributed by atoms with E-state index in [0.29, 0.717) is 51.1 Å². The Labute approximate surface area is 761 Å². The van der Waals surface area contributed by atoms with E-state index in [1.165, 1.54) is 50.7 Å². The van der Waals surface area contributed by atoms with Gasteiger partial charge >= 0.3 is 40.4 Å². The number of nitrogen functional groups attached to an aromatic ring is 6. The normalized spacial score (nSPS) is 36.6. The number of ether oxygens (including phenoxy) is 6. The molecule has 0 saturated carbocycles. The van der Waals surface area contributed by atoms with Crippen LogP contribution in [0.15, 0.2) is 69.8 Å². The fraction of sp³-hybridized carbons (Fsp3) is 0.500. The summed E-state index contributed by atoms with van der Waals surface area (Å²) in [5.41, 5.74) is 35.4. The molecule has 9 aliphatic heterocycles. The van der Waals surface area contributed by atoms with Crippen molar-refractivity contribution in [2.45, 2.75) is 148 Å². The molecule has 0 amide bonds. The van der Waals surface area contributed by atoms with E-state index in [-0.39, 0.29) is 70.6 Å². The zero-order valence-corrected chi connectivity index (χ0v) is 76.4. The van der Waals surface area contributed by atoms with Gasteiger partial charge in [0.15, 0.2) is 87.6 Å². The molecule has 21 heterocycles. The molecule has 12 aromatic rings. The Morgan fingerprint density at radius 1 is 0.402 bits per heavy atom. The molecule has 6 bridgehead atoms. The fourth-order valence-corrected chi connectivity index (χ4v) is 24.3. The Kier molecular flexibility index (Phi) is 25.4. The van der Waals surface area contributed by atoms with Crippen molar-refractivity contribution in [3.05, 3.63) is 103 Å². The van der Waals surface area contributed by atoms with Crippen LogP contribution in [0.25, 0.3) is 50.4 Å². The van der Waals surface area contributed by atoms with Crippen LogP contribution < -0.4 is 51.1 Å². The van der Waals surface area contributed by atoms with Gasteiger partial charge in [0.25, 0.3) is 16.7 Å². The average molecular weight is 2080 g/mol. The number of H-pyrrole nitrogens is 3. The number of aromatic nitrogens is 24. The van der Waals surface area contributed by atoms with Gasteiger partial charge in [0.2, 0.25) is 17.8 Å². The maximum Gasteiger partial charge on any atom is 0.386 e. The van der Waals surface area contributed by atoms with Gasteiger partial charge in [-0.3, -0.25) is 47.4 Å². The quantitative estimate of drug-likeness (QED) is 0.0772.